The number of phenols is 1. The van der Waals surface area contributed by atoms with Gasteiger partial charge >= 0.3 is 0 Å². The third-order valence-corrected chi connectivity index (χ3v) is 6.92. The molecule has 0 amide bonds. The first-order chi connectivity index (χ1) is 18.6. The number of fused-ring (bicyclic) bond motifs is 1. The van der Waals surface area contributed by atoms with Gasteiger partial charge in [-0.3, -0.25) is 4.79 Å². The second-order valence-corrected chi connectivity index (χ2v) is 9.74. The zero-order valence-electron chi connectivity index (χ0n) is 21.8. The molecule has 1 aromatic heterocycles. The van der Waals surface area contributed by atoms with Crippen LogP contribution in [0.5, 0.6) is 17.2 Å². The first-order valence-corrected chi connectivity index (χ1v) is 13.2. The molecular weight excluding hydrogens is 480 g/mol. The molecule has 0 aliphatic carbocycles. The van der Waals surface area contributed by atoms with E-state index in [0.29, 0.717) is 18.1 Å². The van der Waals surface area contributed by atoms with Gasteiger partial charge < -0.3 is 28.8 Å². The molecule has 198 valence electrons. The Balaban J connectivity index is 1.37. The van der Waals surface area contributed by atoms with Crippen LogP contribution in [-0.2, 0) is 6.61 Å². The normalized spacial score (nSPS) is 14.6. The van der Waals surface area contributed by atoms with E-state index in [1.807, 2.05) is 60.7 Å². The summed E-state index contributed by atoms with van der Waals surface area (Å²) in [6.45, 7) is 6.07. The smallest absolute Gasteiger partial charge is 0.204 e. The van der Waals surface area contributed by atoms with Crippen LogP contribution in [-0.4, -0.2) is 61.3 Å². The predicted molar refractivity (Wildman–Crippen MR) is 149 cm³/mol. The van der Waals surface area contributed by atoms with E-state index < -0.39 is 0 Å². The van der Waals surface area contributed by atoms with Crippen molar-refractivity contribution in [3.05, 3.63) is 88.6 Å². The average Bonchev–Trinajstić information content (AvgIpc) is 2.94. The van der Waals surface area contributed by atoms with E-state index in [2.05, 4.69) is 16.8 Å². The molecule has 0 atom stereocenters. The molecule has 3 aromatic carbocycles. The van der Waals surface area contributed by atoms with Gasteiger partial charge in [0.25, 0.3) is 0 Å². The van der Waals surface area contributed by atoms with Crippen LogP contribution in [0, 0.1) is 0 Å². The second kappa shape index (κ2) is 12.2. The molecule has 0 radical (unpaired) electrons. The van der Waals surface area contributed by atoms with Crippen LogP contribution >= 0.6 is 0 Å². The van der Waals surface area contributed by atoms with Crippen molar-refractivity contribution in [1.29, 1.82) is 0 Å². The van der Waals surface area contributed by atoms with Crippen LogP contribution in [0.1, 0.15) is 18.4 Å². The highest BCUT2D eigenvalue weighted by molar-refractivity contribution is 5.89. The number of benzene rings is 3. The fourth-order valence-electron chi connectivity index (χ4n) is 4.67. The van der Waals surface area contributed by atoms with Crippen LogP contribution < -0.4 is 14.9 Å². The Hall–Kier alpha value is -3.81. The number of ether oxygens (including phenoxy) is 2. The van der Waals surface area contributed by atoms with Gasteiger partial charge in [-0.2, -0.15) is 0 Å². The summed E-state index contributed by atoms with van der Waals surface area (Å²) >= 11 is 0. The van der Waals surface area contributed by atoms with E-state index >= 15 is 0 Å². The van der Waals surface area contributed by atoms with Crippen LogP contribution in [0.25, 0.3) is 22.3 Å². The summed E-state index contributed by atoms with van der Waals surface area (Å²) in [6.07, 6.45) is 1.81. The van der Waals surface area contributed by atoms with Crippen molar-refractivity contribution in [2.45, 2.75) is 19.4 Å². The number of phenolic OH excluding ortho intramolecular Hbond substituents is 1. The van der Waals surface area contributed by atoms with Gasteiger partial charge in [-0.1, -0.05) is 60.7 Å². The predicted octanol–water partition coefficient (Wildman–Crippen LogP) is 5.15. The van der Waals surface area contributed by atoms with Crippen molar-refractivity contribution >= 4 is 11.0 Å². The van der Waals surface area contributed by atoms with E-state index in [-0.39, 0.29) is 34.5 Å². The minimum absolute atomic E-state index is 0.0872. The number of hydrogen-bond donors (Lipinski definition) is 1. The maximum absolute atomic E-state index is 13.1. The summed E-state index contributed by atoms with van der Waals surface area (Å²) in [5.74, 6) is 0.686. The van der Waals surface area contributed by atoms with E-state index in [9.17, 15) is 9.90 Å². The van der Waals surface area contributed by atoms with Gasteiger partial charge in [0.05, 0.1) is 6.61 Å². The minimum atomic E-state index is -0.336. The molecule has 0 bridgehead atoms. The molecule has 7 nitrogen and oxygen atoms in total. The molecule has 1 fully saturated rings. The quantitative estimate of drug-likeness (QED) is 0.293. The van der Waals surface area contributed by atoms with Gasteiger partial charge in [-0.25, -0.2) is 0 Å². The van der Waals surface area contributed by atoms with Crippen LogP contribution in [0.3, 0.4) is 0 Å². The van der Waals surface area contributed by atoms with Crippen LogP contribution in [0.2, 0.25) is 0 Å². The number of aromatic hydroxyl groups is 1. The Labute approximate surface area is 222 Å². The van der Waals surface area contributed by atoms with Crippen molar-refractivity contribution in [3.63, 3.8) is 0 Å². The molecule has 1 N–H and O–H groups in total. The molecule has 7 heteroatoms. The van der Waals surface area contributed by atoms with Gasteiger partial charge in [0.2, 0.25) is 5.75 Å². The molecule has 0 saturated carbocycles. The molecule has 0 unspecified atom stereocenters. The Morgan fingerprint density at radius 3 is 2.34 bits per heavy atom. The van der Waals surface area contributed by atoms with Crippen molar-refractivity contribution in [2.75, 3.05) is 46.4 Å². The maximum Gasteiger partial charge on any atom is 0.204 e. The lowest BCUT2D eigenvalue weighted by Gasteiger charge is -2.32. The highest BCUT2D eigenvalue weighted by Crippen LogP contribution is 2.43. The molecular formula is C31H34N2O5. The molecule has 2 heterocycles. The molecule has 38 heavy (non-hydrogen) atoms. The number of likely N-dealkylation sites (N-methyl/N-ethyl adjacent to an activating group) is 1. The van der Waals surface area contributed by atoms with E-state index in [4.69, 9.17) is 13.9 Å². The lowest BCUT2D eigenvalue weighted by Crippen LogP contribution is -2.44. The van der Waals surface area contributed by atoms with Crippen molar-refractivity contribution in [3.8, 4) is 28.6 Å². The second-order valence-electron chi connectivity index (χ2n) is 9.74. The topological polar surface area (TPSA) is 75.4 Å². The summed E-state index contributed by atoms with van der Waals surface area (Å²) in [4.78, 5) is 17.9. The van der Waals surface area contributed by atoms with Gasteiger partial charge in [0, 0.05) is 43.9 Å². The van der Waals surface area contributed by atoms with E-state index in [1.165, 1.54) is 6.07 Å². The monoisotopic (exact) mass is 514 g/mol. The first kappa shape index (κ1) is 25.8. The van der Waals surface area contributed by atoms with Crippen molar-refractivity contribution < 1.29 is 19.0 Å². The molecule has 1 aliphatic heterocycles. The summed E-state index contributed by atoms with van der Waals surface area (Å²) in [7, 11) is 2.15. The van der Waals surface area contributed by atoms with Crippen LogP contribution in [0.15, 0.2) is 82.0 Å². The fraction of sp³-hybridized carbons (Fsp3) is 0.323. The van der Waals surface area contributed by atoms with Gasteiger partial charge in [0.15, 0.2) is 16.9 Å². The first-order valence-electron chi connectivity index (χ1n) is 13.2. The van der Waals surface area contributed by atoms with Crippen molar-refractivity contribution in [1.82, 2.24) is 9.80 Å². The summed E-state index contributed by atoms with van der Waals surface area (Å²) in [5.41, 5.74) is 1.67. The number of rotatable bonds is 10. The Kier molecular flexibility index (Phi) is 8.26. The van der Waals surface area contributed by atoms with E-state index in [0.717, 1.165) is 56.7 Å². The summed E-state index contributed by atoms with van der Waals surface area (Å²) in [6, 6.07) is 22.2. The molecule has 0 spiro atoms. The highest BCUT2D eigenvalue weighted by Gasteiger charge is 2.21. The van der Waals surface area contributed by atoms with Gasteiger partial charge in [-0.05, 0) is 32.0 Å². The third-order valence-electron chi connectivity index (χ3n) is 6.92. The number of unbranched alkanes of at least 4 members (excludes halogenated alkanes) is 1. The average molecular weight is 515 g/mol. The van der Waals surface area contributed by atoms with Crippen molar-refractivity contribution in [2.24, 2.45) is 0 Å². The van der Waals surface area contributed by atoms with Gasteiger partial charge in [0.1, 0.15) is 23.3 Å². The minimum Gasteiger partial charge on any atom is -0.504 e. The number of hydrogen-bond acceptors (Lipinski definition) is 7. The Bertz CT molecular complexity index is 1400. The van der Waals surface area contributed by atoms with E-state index in [1.54, 1.807) is 6.07 Å². The zero-order chi connectivity index (χ0) is 26.3. The maximum atomic E-state index is 13.1. The Morgan fingerprint density at radius 2 is 1.61 bits per heavy atom. The standard InChI is InChI=1S/C31H34N2O5/c1-32-15-17-33(18-16-32)14-8-9-19-36-31-28(37-22-23-10-4-2-5-11-23)21-27-29(30(31)35)25(34)20-26(38-27)24-12-6-3-7-13-24/h2-7,10-13,20-21,35H,8-9,14-19,22H2,1H3. The van der Waals surface area contributed by atoms with Gasteiger partial charge in [-0.15, -0.1) is 0 Å². The van der Waals surface area contributed by atoms with Crippen LogP contribution in [0.4, 0.5) is 0 Å². The number of piperazine rings is 1. The molecule has 5 rings (SSSR count). The molecule has 1 aliphatic rings. The summed E-state index contributed by atoms with van der Waals surface area (Å²) in [5, 5.41) is 11.3. The summed E-state index contributed by atoms with van der Waals surface area (Å²) < 4.78 is 18.2. The lowest BCUT2D eigenvalue weighted by molar-refractivity contribution is 0.149. The largest absolute Gasteiger partial charge is 0.504 e. The Morgan fingerprint density at radius 1 is 0.895 bits per heavy atom. The third kappa shape index (κ3) is 6.18. The fourth-order valence-corrected chi connectivity index (χ4v) is 4.67. The zero-order valence-corrected chi connectivity index (χ0v) is 21.8. The SMILES string of the molecule is CN1CCN(CCCCOc2c(OCc3ccccc3)cc3oc(-c4ccccc4)cc(=O)c3c2O)CC1. The molecule has 1 saturated heterocycles. The lowest BCUT2D eigenvalue weighted by atomic mass is 10.1. The highest BCUT2D eigenvalue weighted by atomic mass is 16.5. The number of nitrogens with zero attached hydrogens (tertiary/aromatic N) is 2. The molecule has 4 aromatic rings.